The molecule has 266 valence electrons. The highest BCUT2D eigenvalue weighted by atomic mass is 35.5. The van der Waals surface area contributed by atoms with Crippen molar-refractivity contribution in [1.29, 1.82) is 0 Å². The van der Waals surface area contributed by atoms with Crippen molar-refractivity contribution in [3.05, 3.63) is 63.4 Å². The Balaban J connectivity index is 0.000000804. The zero-order valence-corrected chi connectivity index (χ0v) is 28.9. The van der Waals surface area contributed by atoms with Gasteiger partial charge >= 0.3 is 12.1 Å². The number of likely N-dealkylation sites (tertiary alicyclic amines) is 1. The number of hydrogen-bond acceptors (Lipinski definition) is 6. The van der Waals surface area contributed by atoms with Crippen molar-refractivity contribution in [2.75, 3.05) is 19.0 Å². The number of aliphatic hydroxyl groups excluding tert-OH is 2. The Labute approximate surface area is 287 Å². The monoisotopic (exact) mass is 720 g/mol. The summed E-state index contributed by atoms with van der Waals surface area (Å²) in [6.07, 6.45) is -3.67. The van der Waals surface area contributed by atoms with Crippen LogP contribution in [0.25, 0.3) is 0 Å². The van der Waals surface area contributed by atoms with Gasteiger partial charge in [0.05, 0.1) is 23.8 Å². The number of carbonyl (C=O) groups is 3. The Morgan fingerprint density at radius 1 is 1.12 bits per heavy atom. The number of nitrogens with zero attached hydrogens (tertiary/aromatic N) is 1. The fraction of sp³-hybridized carbons (Fsp3) is 0.559. The van der Waals surface area contributed by atoms with Crippen LogP contribution in [0.3, 0.4) is 0 Å². The van der Waals surface area contributed by atoms with Crippen LogP contribution in [0.2, 0.25) is 10.0 Å². The molecule has 5 atom stereocenters. The molecular weight excluding hydrogens is 679 g/mol. The molecule has 2 aliphatic rings. The Hall–Kier alpha value is -2.77. The summed E-state index contributed by atoms with van der Waals surface area (Å²) in [5.74, 6) is -4.01. The summed E-state index contributed by atoms with van der Waals surface area (Å²) in [4.78, 5) is 39.4. The zero-order chi connectivity index (χ0) is 36.4. The van der Waals surface area contributed by atoms with Crippen molar-refractivity contribution in [2.45, 2.75) is 95.5 Å². The number of carboxylic acids is 1. The molecule has 0 bridgehead atoms. The summed E-state index contributed by atoms with van der Waals surface area (Å²) in [6, 6.07) is 8.86. The van der Waals surface area contributed by atoms with Gasteiger partial charge in [-0.3, -0.25) is 14.5 Å². The Morgan fingerprint density at radius 2 is 1.75 bits per heavy atom. The lowest BCUT2D eigenvalue weighted by atomic mass is 9.61. The van der Waals surface area contributed by atoms with Crippen LogP contribution in [0.15, 0.2) is 36.4 Å². The van der Waals surface area contributed by atoms with Crippen molar-refractivity contribution in [3.8, 4) is 0 Å². The van der Waals surface area contributed by atoms with Crippen LogP contribution < -0.4 is 5.32 Å². The van der Waals surface area contributed by atoms with E-state index in [-0.39, 0.29) is 41.6 Å². The quantitative estimate of drug-likeness (QED) is 0.185. The minimum atomic E-state index is -5.08. The molecule has 1 saturated heterocycles. The van der Waals surface area contributed by atoms with Gasteiger partial charge in [-0.15, -0.1) is 0 Å². The number of anilines is 1. The number of fused-ring (bicyclic) bond motifs is 2. The van der Waals surface area contributed by atoms with Gasteiger partial charge in [-0.1, -0.05) is 63.0 Å². The number of benzene rings is 2. The van der Waals surface area contributed by atoms with E-state index in [1.165, 1.54) is 12.1 Å². The first-order valence-corrected chi connectivity index (χ1v) is 16.3. The maximum Gasteiger partial charge on any atom is 0.490 e. The standard InChI is InChI=1S/C32H41Cl2FN2O4.C2HF3O2/c1-18(2)15-31(3,4)16-27-32(22-13-24(35)23(34)14-25(22)36-30(32)41)28(19-8-6-9-20(33)12-19)29(37(27)5)26(40)11-7-10-21(39)17-38;3-2(4,5)1(6)7/h6,8-9,12-14,18,21,27-29,38-39H,7,10-11,15-17H2,1-5H3,(H,36,41);(H,6,7)/t21-,27+,28-,29-,32-;/m0./s1. The normalized spacial score (nSPS) is 23.1. The molecule has 4 rings (SSSR count). The molecule has 1 spiro atoms. The SMILES string of the molecule is CC(C)CC(C)(C)C[C@H]1N(C)[C@@H](C(=O)CCC[C@H](O)CO)[C@H](c2cccc(Cl)c2)[C@@]12C(=O)Nc1cc(Cl)c(F)cc12.O=C(O)C(F)(F)F. The maximum atomic E-state index is 15.2. The first-order chi connectivity index (χ1) is 22.2. The lowest BCUT2D eigenvalue weighted by molar-refractivity contribution is -0.192. The summed E-state index contributed by atoms with van der Waals surface area (Å²) < 4.78 is 46.9. The molecule has 8 nitrogen and oxygen atoms in total. The number of alkyl halides is 3. The Kier molecular flexibility index (Phi) is 12.7. The van der Waals surface area contributed by atoms with Crippen molar-refractivity contribution in [1.82, 2.24) is 4.90 Å². The predicted molar refractivity (Wildman–Crippen MR) is 175 cm³/mol. The summed E-state index contributed by atoms with van der Waals surface area (Å²) in [7, 11) is 1.88. The molecule has 0 unspecified atom stereocenters. The molecule has 0 radical (unpaired) electrons. The van der Waals surface area contributed by atoms with E-state index in [9.17, 15) is 33.0 Å². The van der Waals surface area contributed by atoms with Crippen LogP contribution in [0.1, 0.15) is 76.8 Å². The van der Waals surface area contributed by atoms with Gasteiger partial charge < -0.3 is 20.6 Å². The number of carbonyl (C=O) groups excluding carboxylic acids is 2. The number of likely N-dealkylation sites (N-methyl/N-ethyl adjacent to an activating group) is 1. The Morgan fingerprint density at radius 3 is 2.29 bits per heavy atom. The van der Waals surface area contributed by atoms with E-state index in [4.69, 9.17) is 33.1 Å². The third kappa shape index (κ3) is 8.50. The number of amides is 1. The first kappa shape index (κ1) is 39.7. The third-order valence-corrected chi connectivity index (χ3v) is 9.58. The van der Waals surface area contributed by atoms with Crippen molar-refractivity contribution < 1.29 is 47.3 Å². The molecule has 14 heteroatoms. The van der Waals surface area contributed by atoms with Gasteiger partial charge in [0.2, 0.25) is 5.91 Å². The number of carboxylic acid groups (broad SMARTS) is 1. The molecule has 2 heterocycles. The number of aliphatic hydroxyl groups is 2. The molecule has 2 aliphatic heterocycles. The minimum absolute atomic E-state index is 0.0816. The number of Topliss-reactive ketones (excluding diaryl/α,β-unsaturated/α-hetero) is 1. The number of rotatable bonds is 11. The van der Waals surface area contributed by atoms with Gasteiger partial charge in [0.1, 0.15) is 11.2 Å². The van der Waals surface area contributed by atoms with Gasteiger partial charge in [0.25, 0.3) is 0 Å². The first-order valence-electron chi connectivity index (χ1n) is 15.6. The van der Waals surface area contributed by atoms with Gasteiger partial charge in [-0.2, -0.15) is 13.2 Å². The van der Waals surface area contributed by atoms with Crippen LogP contribution in [0.5, 0.6) is 0 Å². The summed E-state index contributed by atoms with van der Waals surface area (Å²) in [5.41, 5.74) is 0.182. The van der Waals surface area contributed by atoms with Crippen molar-refractivity contribution in [3.63, 3.8) is 0 Å². The van der Waals surface area contributed by atoms with Gasteiger partial charge in [0.15, 0.2) is 5.78 Å². The number of halogens is 6. The molecule has 0 aliphatic carbocycles. The lowest BCUT2D eigenvalue weighted by Crippen LogP contribution is -2.50. The van der Waals surface area contributed by atoms with Crippen LogP contribution >= 0.6 is 23.2 Å². The van der Waals surface area contributed by atoms with E-state index in [0.717, 1.165) is 12.0 Å². The number of hydrogen-bond donors (Lipinski definition) is 4. The van der Waals surface area contributed by atoms with Crippen LogP contribution in [0, 0.1) is 17.2 Å². The molecule has 2 aromatic rings. The second-order valence-electron chi connectivity index (χ2n) is 13.8. The van der Waals surface area contributed by atoms with Gasteiger partial charge in [0, 0.05) is 29.1 Å². The number of nitrogens with one attached hydrogen (secondary N) is 1. The number of ketones is 1. The summed E-state index contributed by atoms with van der Waals surface area (Å²) in [5, 5.41) is 29.6. The largest absolute Gasteiger partial charge is 0.490 e. The summed E-state index contributed by atoms with van der Waals surface area (Å²) in [6.45, 7) is 8.29. The fourth-order valence-electron chi connectivity index (χ4n) is 7.51. The molecule has 1 fully saturated rings. The van der Waals surface area contributed by atoms with E-state index in [1.54, 1.807) is 18.2 Å². The second-order valence-corrected chi connectivity index (χ2v) is 14.6. The van der Waals surface area contributed by atoms with Gasteiger partial charge in [-0.25, -0.2) is 9.18 Å². The molecular formula is C34H42Cl2F4N2O6. The predicted octanol–water partition coefficient (Wildman–Crippen LogP) is 6.98. The highest BCUT2D eigenvalue weighted by Gasteiger charge is 2.68. The minimum Gasteiger partial charge on any atom is -0.475 e. The third-order valence-electron chi connectivity index (χ3n) is 9.05. The molecule has 48 heavy (non-hydrogen) atoms. The van der Waals surface area contributed by atoms with E-state index in [0.29, 0.717) is 35.0 Å². The fourth-order valence-corrected chi connectivity index (χ4v) is 7.88. The number of aliphatic carboxylic acids is 1. The van der Waals surface area contributed by atoms with Crippen LogP contribution in [-0.2, 0) is 19.8 Å². The summed E-state index contributed by atoms with van der Waals surface area (Å²) >= 11 is 12.6. The molecule has 0 saturated carbocycles. The maximum absolute atomic E-state index is 15.2. The van der Waals surface area contributed by atoms with Crippen molar-refractivity contribution in [2.24, 2.45) is 11.3 Å². The Bertz CT molecular complexity index is 1500. The smallest absolute Gasteiger partial charge is 0.475 e. The lowest BCUT2D eigenvalue weighted by Gasteiger charge is -2.40. The van der Waals surface area contributed by atoms with E-state index in [2.05, 4.69) is 33.0 Å². The van der Waals surface area contributed by atoms with Crippen molar-refractivity contribution >= 4 is 46.5 Å². The highest BCUT2D eigenvalue weighted by molar-refractivity contribution is 6.31. The molecule has 2 aromatic carbocycles. The molecule has 4 N–H and O–H groups in total. The van der Waals surface area contributed by atoms with Crippen LogP contribution in [0.4, 0.5) is 23.2 Å². The van der Waals surface area contributed by atoms with E-state index >= 15 is 4.39 Å². The second kappa shape index (κ2) is 15.4. The average Bonchev–Trinajstić information content (AvgIpc) is 3.38. The highest BCUT2D eigenvalue weighted by Crippen LogP contribution is 2.60. The zero-order valence-electron chi connectivity index (χ0n) is 27.4. The average molecular weight is 722 g/mol. The van der Waals surface area contributed by atoms with Gasteiger partial charge in [-0.05, 0) is 79.5 Å². The van der Waals surface area contributed by atoms with E-state index in [1.807, 2.05) is 18.0 Å². The topological polar surface area (TPSA) is 127 Å². The molecule has 0 aromatic heterocycles. The van der Waals surface area contributed by atoms with Crippen LogP contribution in [-0.4, -0.2) is 75.9 Å². The molecule has 1 amide bonds. The van der Waals surface area contributed by atoms with E-state index < -0.39 is 47.5 Å².